The number of hydrogen-bond acceptors (Lipinski definition) is 6. The maximum Gasteiger partial charge on any atom is 0.434 e. The van der Waals surface area contributed by atoms with Gasteiger partial charge in [-0.1, -0.05) is 18.6 Å². The van der Waals surface area contributed by atoms with E-state index >= 15 is 0 Å². The van der Waals surface area contributed by atoms with Crippen molar-refractivity contribution in [2.24, 2.45) is 0 Å². The van der Waals surface area contributed by atoms with Crippen LogP contribution in [0.4, 0.5) is 31.1 Å². The molecule has 1 spiro atoms. The van der Waals surface area contributed by atoms with E-state index in [2.05, 4.69) is 14.5 Å². The van der Waals surface area contributed by atoms with Gasteiger partial charge in [0.05, 0.1) is 0 Å². The molecule has 1 amide bonds. The lowest BCUT2D eigenvalue weighted by Gasteiger charge is -2.45. The molecule has 4 rings (SSSR count). The summed E-state index contributed by atoms with van der Waals surface area (Å²) in [6.07, 6.45) is -10.7. The Labute approximate surface area is 235 Å². The van der Waals surface area contributed by atoms with Gasteiger partial charge in [-0.15, -0.1) is 0 Å². The molecule has 0 atom stereocenters. The Morgan fingerprint density at radius 2 is 1.59 bits per heavy atom. The molecular weight excluding hydrogens is 560 g/mol. The Morgan fingerprint density at radius 1 is 0.951 bits per heavy atom. The number of nitrogens with zero attached hydrogens (tertiary/aromatic N) is 3. The summed E-state index contributed by atoms with van der Waals surface area (Å²) in [6.45, 7) is 5.04. The largest absolute Gasteiger partial charge is 0.492 e. The molecule has 1 aromatic rings. The van der Waals surface area contributed by atoms with E-state index in [1.807, 2.05) is 24.3 Å². The summed E-state index contributed by atoms with van der Waals surface area (Å²) in [5, 5.41) is 6.89. The molecule has 232 valence electrons. The van der Waals surface area contributed by atoms with Crippen LogP contribution in [0.2, 0.25) is 0 Å². The second kappa shape index (κ2) is 14.4. The minimum Gasteiger partial charge on any atom is -0.492 e. The molecule has 0 saturated carbocycles. The SMILES string of the molecule is O=C(OC(C(F)(F)F)C(F)(F)F)N1CCC2(CCCN2Cc2cccc(OCCN3CCCCC3)c2)CC1.O=CO. The first-order valence-corrected chi connectivity index (χ1v) is 13.7. The third-order valence-corrected chi connectivity index (χ3v) is 7.90. The first-order chi connectivity index (χ1) is 19.4. The molecule has 3 saturated heterocycles. The Bertz CT molecular complexity index is 965. The Hall–Kier alpha value is -2.74. The highest BCUT2D eigenvalue weighted by Crippen LogP contribution is 2.41. The molecule has 0 radical (unpaired) electrons. The van der Waals surface area contributed by atoms with Crippen LogP contribution in [0, 0.1) is 0 Å². The molecule has 14 heteroatoms. The third-order valence-electron chi connectivity index (χ3n) is 7.90. The van der Waals surface area contributed by atoms with E-state index in [9.17, 15) is 31.1 Å². The number of ether oxygens (including phenoxy) is 2. The normalized spacial score (nSPS) is 20.0. The number of piperidine rings is 2. The fraction of sp³-hybridized carbons (Fsp3) is 0.704. The van der Waals surface area contributed by atoms with Gasteiger partial charge in [0.25, 0.3) is 12.6 Å². The Balaban J connectivity index is 0.00000147. The van der Waals surface area contributed by atoms with Crippen molar-refractivity contribution in [3.63, 3.8) is 0 Å². The minimum atomic E-state index is -5.72. The van der Waals surface area contributed by atoms with E-state index in [1.165, 1.54) is 19.3 Å². The van der Waals surface area contributed by atoms with E-state index in [0.717, 1.165) is 55.2 Å². The lowest BCUT2D eigenvalue weighted by Crippen LogP contribution is -2.54. The molecule has 3 aliphatic heterocycles. The van der Waals surface area contributed by atoms with Gasteiger partial charge in [0.15, 0.2) is 0 Å². The average Bonchev–Trinajstić information content (AvgIpc) is 3.28. The van der Waals surface area contributed by atoms with Gasteiger partial charge < -0.3 is 19.5 Å². The van der Waals surface area contributed by atoms with Gasteiger partial charge in [-0.25, -0.2) is 4.79 Å². The lowest BCUT2D eigenvalue weighted by atomic mass is 9.85. The maximum absolute atomic E-state index is 12.8. The number of benzene rings is 1. The average molecular weight is 598 g/mol. The predicted octanol–water partition coefficient (Wildman–Crippen LogP) is 5.31. The molecule has 0 aromatic heterocycles. The van der Waals surface area contributed by atoms with Crippen LogP contribution in [-0.2, 0) is 16.1 Å². The van der Waals surface area contributed by atoms with E-state index in [4.69, 9.17) is 14.6 Å². The van der Waals surface area contributed by atoms with Crippen LogP contribution in [0.1, 0.15) is 50.5 Å². The van der Waals surface area contributed by atoms with Crippen LogP contribution in [0.3, 0.4) is 0 Å². The lowest BCUT2D eigenvalue weighted by molar-refractivity contribution is -0.308. The molecule has 3 aliphatic rings. The summed E-state index contributed by atoms with van der Waals surface area (Å²) < 4.78 is 86.6. The number of likely N-dealkylation sites (tertiary alicyclic amines) is 3. The number of alkyl halides is 6. The van der Waals surface area contributed by atoms with Crippen molar-refractivity contribution in [1.82, 2.24) is 14.7 Å². The summed E-state index contributed by atoms with van der Waals surface area (Å²) >= 11 is 0. The molecule has 8 nitrogen and oxygen atoms in total. The number of amides is 1. The van der Waals surface area contributed by atoms with Crippen LogP contribution in [0.15, 0.2) is 24.3 Å². The standard InChI is InChI=1S/C26H35F6N3O3.CH2O2/c27-25(28,29)22(26(30,31)32)38-23(36)34-14-9-24(10-15-34)8-5-13-35(24)19-20-6-4-7-21(18-20)37-17-16-33-11-2-1-3-12-33;2-1-3/h4,6-7,18,22H,1-3,5,8-17,19H2;1H,(H,2,3). The zero-order valence-corrected chi connectivity index (χ0v) is 22.8. The molecule has 0 unspecified atom stereocenters. The molecule has 1 N–H and O–H groups in total. The minimum absolute atomic E-state index is 0.0391. The van der Waals surface area contributed by atoms with Crippen molar-refractivity contribution in [1.29, 1.82) is 0 Å². The monoisotopic (exact) mass is 597 g/mol. The molecular formula is C27H37F6N3O5. The number of hydrogen-bond donors (Lipinski definition) is 1. The van der Waals surface area contributed by atoms with Gasteiger partial charge in [0, 0.05) is 31.7 Å². The Morgan fingerprint density at radius 3 is 2.20 bits per heavy atom. The van der Waals surface area contributed by atoms with Crippen molar-refractivity contribution in [3.05, 3.63) is 29.8 Å². The van der Waals surface area contributed by atoms with E-state index in [0.29, 0.717) is 26.0 Å². The van der Waals surface area contributed by atoms with Gasteiger partial charge >= 0.3 is 18.4 Å². The molecule has 1 aromatic carbocycles. The summed E-state index contributed by atoms with van der Waals surface area (Å²) in [7, 11) is 0. The van der Waals surface area contributed by atoms with Crippen molar-refractivity contribution in [2.45, 2.75) is 75.5 Å². The summed E-state index contributed by atoms with van der Waals surface area (Å²) in [5.74, 6) is 0.800. The summed E-state index contributed by atoms with van der Waals surface area (Å²) in [4.78, 5) is 26.2. The van der Waals surface area contributed by atoms with Gasteiger partial charge in [-0.05, 0) is 75.9 Å². The smallest absolute Gasteiger partial charge is 0.434 e. The number of carboxylic acid groups (broad SMARTS) is 1. The van der Waals surface area contributed by atoms with Gasteiger partial charge in [-0.3, -0.25) is 14.6 Å². The van der Waals surface area contributed by atoms with E-state index in [-0.39, 0.29) is 25.1 Å². The van der Waals surface area contributed by atoms with Crippen molar-refractivity contribution >= 4 is 12.6 Å². The number of rotatable bonds is 7. The maximum atomic E-state index is 12.8. The van der Waals surface area contributed by atoms with Crippen molar-refractivity contribution in [2.75, 3.05) is 45.9 Å². The summed E-state index contributed by atoms with van der Waals surface area (Å²) in [6, 6.07) is 7.91. The third kappa shape index (κ3) is 9.38. The molecule has 41 heavy (non-hydrogen) atoms. The second-order valence-electron chi connectivity index (χ2n) is 10.6. The first kappa shape index (κ1) is 32.8. The highest BCUT2D eigenvalue weighted by Gasteiger charge is 2.60. The van der Waals surface area contributed by atoms with Crippen LogP contribution >= 0.6 is 0 Å². The van der Waals surface area contributed by atoms with Crippen LogP contribution in [0.25, 0.3) is 0 Å². The quantitative estimate of drug-likeness (QED) is 0.337. The van der Waals surface area contributed by atoms with E-state index in [1.54, 1.807) is 0 Å². The zero-order chi connectivity index (χ0) is 30.1. The zero-order valence-electron chi connectivity index (χ0n) is 22.8. The Kier molecular flexibility index (Phi) is 11.5. The molecule has 0 aliphatic carbocycles. The molecule has 3 fully saturated rings. The van der Waals surface area contributed by atoms with E-state index < -0.39 is 24.5 Å². The number of carbonyl (C=O) groups excluding carboxylic acids is 1. The highest BCUT2D eigenvalue weighted by atomic mass is 19.4. The van der Waals surface area contributed by atoms with Crippen LogP contribution < -0.4 is 4.74 Å². The topological polar surface area (TPSA) is 82.6 Å². The molecule has 0 bridgehead atoms. The second-order valence-corrected chi connectivity index (χ2v) is 10.6. The molecule has 3 heterocycles. The van der Waals surface area contributed by atoms with Gasteiger partial charge in [0.1, 0.15) is 12.4 Å². The van der Waals surface area contributed by atoms with Gasteiger partial charge in [-0.2, -0.15) is 26.3 Å². The highest BCUT2D eigenvalue weighted by molar-refractivity contribution is 5.68. The van der Waals surface area contributed by atoms with Gasteiger partial charge in [0.2, 0.25) is 0 Å². The predicted molar refractivity (Wildman–Crippen MR) is 136 cm³/mol. The number of carbonyl (C=O) groups is 2. The first-order valence-electron chi connectivity index (χ1n) is 13.7. The van der Waals surface area contributed by atoms with Crippen molar-refractivity contribution < 1.29 is 50.5 Å². The number of halogens is 6. The summed E-state index contributed by atoms with van der Waals surface area (Å²) in [5.41, 5.74) is 0.816. The van der Waals surface area contributed by atoms with Crippen LogP contribution in [0.5, 0.6) is 5.75 Å². The van der Waals surface area contributed by atoms with Crippen molar-refractivity contribution in [3.8, 4) is 5.75 Å². The fourth-order valence-corrected chi connectivity index (χ4v) is 5.84. The fourth-order valence-electron chi connectivity index (χ4n) is 5.84. The van der Waals surface area contributed by atoms with Crippen LogP contribution in [-0.4, -0.2) is 102 Å².